The molecule has 0 unspecified atom stereocenters. The fraction of sp³-hybridized carbons (Fsp3) is 0.400. The first-order valence-electron chi connectivity index (χ1n) is 6.50. The summed E-state index contributed by atoms with van der Waals surface area (Å²) in [5.74, 6) is 0. The number of thiazole rings is 1. The van der Waals surface area contributed by atoms with Crippen molar-refractivity contribution >= 4 is 17.0 Å². The lowest BCUT2D eigenvalue weighted by Gasteiger charge is -2.14. The van der Waals surface area contributed by atoms with E-state index in [-0.39, 0.29) is 0 Å². The van der Waals surface area contributed by atoms with Gasteiger partial charge in [0.2, 0.25) is 0 Å². The first kappa shape index (κ1) is 13.1. The van der Waals surface area contributed by atoms with Gasteiger partial charge in [-0.25, -0.2) is 4.98 Å². The van der Waals surface area contributed by atoms with Crippen LogP contribution in [0, 0.1) is 6.92 Å². The van der Waals surface area contributed by atoms with Crippen LogP contribution in [0.25, 0.3) is 0 Å². The molecule has 0 saturated heterocycles. The van der Waals surface area contributed by atoms with Gasteiger partial charge in [-0.2, -0.15) is 0 Å². The van der Waals surface area contributed by atoms with Gasteiger partial charge in [0.05, 0.1) is 11.6 Å². The maximum absolute atomic E-state index is 4.29. The maximum Gasteiger partial charge on any atom is 0.0897 e. The summed E-state index contributed by atoms with van der Waals surface area (Å²) in [6.45, 7) is 7.33. The van der Waals surface area contributed by atoms with Crippen LogP contribution in [0.3, 0.4) is 0 Å². The molecule has 0 aliphatic carbocycles. The smallest absolute Gasteiger partial charge is 0.0897 e. The molecular weight excluding hydrogens is 240 g/mol. The van der Waals surface area contributed by atoms with Crippen LogP contribution in [0.2, 0.25) is 0 Å². The summed E-state index contributed by atoms with van der Waals surface area (Å²) in [5, 5.41) is 4.71. The van der Waals surface area contributed by atoms with Gasteiger partial charge in [-0.1, -0.05) is 32.0 Å². The molecule has 1 aromatic heterocycles. The first-order chi connectivity index (χ1) is 8.74. The van der Waals surface area contributed by atoms with Crippen molar-refractivity contribution in [2.75, 3.05) is 5.32 Å². The van der Waals surface area contributed by atoms with Gasteiger partial charge in [0.1, 0.15) is 0 Å². The predicted octanol–water partition coefficient (Wildman–Crippen LogP) is 4.19. The second-order valence-corrected chi connectivity index (χ2v) is 5.68. The van der Waals surface area contributed by atoms with Crippen LogP contribution in [-0.4, -0.2) is 4.98 Å². The van der Waals surface area contributed by atoms with Crippen LogP contribution in [0.5, 0.6) is 0 Å². The van der Waals surface area contributed by atoms with E-state index in [4.69, 9.17) is 0 Å². The number of aryl methyl sites for hydroxylation is 3. The Bertz CT molecular complexity index is 495. The van der Waals surface area contributed by atoms with Crippen molar-refractivity contribution < 1.29 is 0 Å². The highest BCUT2D eigenvalue weighted by molar-refractivity contribution is 7.11. The van der Waals surface area contributed by atoms with Gasteiger partial charge in [-0.15, -0.1) is 11.3 Å². The number of para-hydroxylation sites is 1. The van der Waals surface area contributed by atoms with Gasteiger partial charge >= 0.3 is 0 Å². The Kier molecular flexibility index (Phi) is 4.37. The van der Waals surface area contributed by atoms with Crippen LogP contribution in [0.1, 0.15) is 34.9 Å². The summed E-state index contributed by atoms with van der Waals surface area (Å²) in [5.41, 5.74) is 4.11. The van der Waals surface area contributed by atoms with Crippen LogP contribution in [0.4, 0.5) is 5.69 Å². The molecule has 0 bridgehead atoms. The summed E-state index contributed by atoms with van der Waals surface area (Å²) >= 11 is 1.76. The number of rotatable bonds is 5. The van der Waals surface area contributed by atoms with Gasteiger partial charge in [0, 0.05) is 16.8 Å². The molecule has 0 aliphatic rings. The second-order valence-electron chi connectivity index (χ2n) is 4.36. The average Bonchev–Trinajstić information content (AvgIpc) is 2.81. The largest absolute Gasteiger partial charge is 0.380 e. The SMILES string of the molecule is CCc1cccc(CC)c1NCc1cnc(C)s1. The number of anilines is 1. The minimum atomic E-state index is 0.871. The molecule has 0 amide bonds. The molecule has 3 heteroatoms. The predicted molar refractivity (Wildman–Crippen MR) is 79.4 cm³/mol. The van der Waals surface area contributed by atoms with E-state index in [2.05, 4.69) is 42.3 Å². The molecule has 2 rings (SSSR count). The van der Waals surface area contributed by atoms with Crippen molar-refractivity contribution in [1.29, 1.82) is 0 Å². The number of benzene rings is 1. The molecule has 2 aromatic rings. The van der Waals surface area contributed by atoms with Crippen LogP contribution < -0.4 is 5.32 Å². The summed E-state index contributed by atoms with van der Waals surface area (Å²) in [6, 6.07) is 6.57. The molecule has 1 aromatic carbocycles. The normalized spacial score (nSPS) is 10.6. The van der Waals surface area contributed by atoms with E-state index in [9.17, 15) is 0 Å². The molecule has 2 nitrogen and oxygen atoms in total. The molecule has 1 heterocycles. The Morgan fingerprint density at radius 1 is 1.17 bits per heavy atom. The lowest BCUT2D eigenvalue weighted by molar-refractivity contribution is 1.05. The zero-order valence-corrected chi connectivity index (χ0v) is 12.1. The lowest BCUT2D eigenvalue weighted by atomic mass is 10.0. The van der Waals surface area contributed by atoms with E-state index < -0.39 is 0 Å². The second kappa shape index (κ2) is 6.01. The Labute approximate surface area is 113 Å². The molecular formula is C15H20N2S. The highest BCUT2D eigenvalue weighted by atomic mass is 32.1. The number of hydrogen-bond donors (Lipinski definition) is 1. The number of aromatic nitrogens is 1. The summed E-state index contributed by atoms with van der Waals surface area (Å²) in [4.78, 5) is 5.58. The van der Waals surface area contributed by atoms with Crippen LogP contribution in [-0.2, 0) is 19.4 Å². The van der Waals surface area contributed by atoms with Crippen molar-refractivity contribution in [3.63, 3.8) is 0 Å². The molecule has 96 valence electrons. The van der Waals surface area contributed by atoms with Crippen LogP contribution in [0.15, 0.2) is 24.4 Å². The third kappa shape index (κ3) is 2.91. The summed E-state index contributed by atoms with van der Waals surface area (Å²) in [7, 11) is 0. The molecule has 0 fully saturated rings. The summed E-state index contributed by atoms with van der Waals surface area (Å²) < 4.78 is 0. The average molecular weight is 260 g/mol. The van der Waals surface area contributed by atoms with Crippen molar-refractivity contribution in [2.45, 2.75) is 40.2 Å². The lowest BCUT2D eigenvalue weighted by Crippen LogP contribution is -2.04. The van der Waals surface area contributed by atoms with Crippen LogP contribution >= 0.6 is 11.3 Å². The number of nitrogens with zero attached hydrogens (tertiary/aromatic N) is 1. The fourth-order valence-corrected chi connectivity index (χ4v) is 2.87. The Morgan fingerprint density at radius 3 is 2.33 bits per heavy atom. The van der Waals surface area contributed by atoms with Gasteiger partial charge < -0.3 is 5.32 Å². The minimum absolute atomic E-state index is 0.871. The third-order valence-electron chi connectivity index (χ3n) is 3.11. The topological polar surface area (TPSA) is 24.9 Å². The molecule has 0 radical (unpaired) electrons. The highest BCUT2D eigenvalue weighted by Gasteiger charge is 2.06. The zero-order chi connectivity index (χ0) is 13.0. The number of nitrogens with one attached hydrogen (secondary N) is 1. The molecule has 0 spiro atoms. The molecule has 0 atom stereocenters. The highest BCUT2D eigenvalue weighted by Crippen LogP contribution is 2.24. The third-order valence-corrected chi connectivity index (χ3v) is 4.02. The first-order valence-corrected chi connectivity index (χ1v) is 7.32. The van der Waals surface area contributed by atoms with Gasteiger partial charge in [-0.3, -0.25) is 0 Å². The monoisotopic (exact) mass is 260 g/mol. The van der Waals surface area contributed by atoms with E-state index in [1.807, 2.05) is 13.1 Å². The summed E-state index contributed by atoms with van der Waals surface area (Å²) in [6.07, 6.45) is 4.10. The van der Waals surface area contributed by atoms with E-state index >= 15 is 0 Å². The van der Waals surface area contributed by atoms with E-state index in [1.54, 1.807) is 11.3 Å². The maximum atomic E-state index is 4.29. The molecule has 0 saturated carbocycles. The Morgan fingerprint density at radius 2 is 1.83 bits per heavy atom. The van der Waals surface area contributed by atoms with Crippen molar-refractivity contribution in [2.24, 2.45) is 0 Å². The minimum Gasteiger partial charge on any atom is -0.380 e. The Balaban J connectivity index is 2.17. The molecule has 18 heavy (non-hydrogen) atoms. The van der Waals surface area contributed by atoms with E-state index in [0.29, 0.717) is 0 Å². The van der Waals surface area contributed by atoms with Gasteiger partial charge in [0.25, 0.3) is 0 Å². The molecule has 1 N–H and O–H groups in total. The Hall–Kier alpha value is -1.35. The van der Waals surface area contributed by atoms with Gasteiger partial charge in [0.15, 0.2) is 0 Å². The van der Waals surface area contributed by atoms with E-state index in [1.165, 1.54) is 21.7 Å². The van der Waals surface area contributed by atoms with E-state index in [0.717, 1.165) is 24.4 Å². The number of hydrogen-bond acceptors (Lipinski definition) is 3. The zero-order valence-electron chi connectivity index (χ0n) is 11.3. The standard InChI is InChI=1S/C15H20N2S/c1-4-12-7-6-8-13(5-2)15(12)17-10-14-9-16-11(3)18-14/h6-9,17H,4-5,10H2,1-3H3. The fourth-order valence-electron chi connectivity index (χ4n) is 2.13. The van der Waals surface area contributed by atoms with Gasteiger partial charge in [-0.05, 0) is 30.9 Å². The molecule has 0 aliphatic heterocycles. The van der Waals surface area contributed by atoms with Crippen molar-refractivity contribution in [1.82, 2.24) is 4.98 Å². The van der Waals surface area contributed by atoms with Crippen molar-refractivity contribution in [3.8, 4) is 0 Å². The van der Waals surface area contributed by atoms with Crippen molar-refractivity contribution in [3.05, 3.63) is 45.4 Å². The quantitative estimate of drug-likeness (QED) is 0.872.